The van der Waals surface area contributed by atoms with E-state index in [2.05, 4.69) is 24.1 Å². The van der Waals surface area contributed by atoms with Crippen LogP contribution in [0.2, 0.25) is 0 Å². The maximum absolute atomic E-state index is 13.3. The Hall–Kier alpha value is -1.16. The molecule has 1 aliphatic heterocycles. The van der Waals surface area contributed by atoms with E-state index < -0.39 is 0 Å². The molecule has 0 saturated heterocycles. The van der Waals surface area contributed by atoms with Crippen molar-refractivity contribution < 1.29 is 4.39 Å². The number of aryl methyl sites for hydroxylation is 1. The van der Waals surface area contributed by atoms with Gasteiger partial charge in [-0.1, -0.05) is 13.3 Å². The minimum atomic E-state index is -0.168. The molecule has 0 spiro atoms. The summed E-state index contributed by atoms with van der Waals surface area (Å²) in [5.41, 5.74) is 2.10. The Kier molecular flexibility index (Phi) is 4.75. The largest absolute Gasteiger partial charge is 0.362 e. The number of nitrogens with zero attached hydrogens (tertiary/aromatic N) is 1. The van der Waals surface area contributed by atoms with E-state index in [-0.39, 0.29) is 5.82 Å². The molecule has 1 aliphatic rings. The monoisotopic (exact) mass is 280 g/mol. The van der Waals surface area contributed by atoms with Crippen molar-refractivity contribution in [1.82, 2.24) is 5.32 Å². The average Bonchev–Trinajstić information content (AvgIpc) is 2.39. The lowest BCUT2D eigenvalue weighted by molar-refractivity contribution is 0.599. The molecule has 1 atom stereocenters. The highest BCUT2D eigenvalue weighted by Gasteiger charge is 2.26. The van der Waals surface area contributed by atoms with Gasteiger partial charge in [0.1, 0.15) is 5.82 Å². The van der Waals surface area contributed by atoms with Crippen LogP contribution in [0, 0.1) is 5.82 Å². The topological polar surface area (TPSA) is 15.3 Å². The van der Waals surface area contributed by atoms with Crippen LogP contribution in [0.3, 0.4) is 0 Å². The highest BCUT2D eigenvalue weighted by molar-refractivity contribution is 7.80. The van der Waals surface area contributed by atoms with E-state index in [9.17, 15) is 4.39 Å². The van der Waals surface area contributed by atoms with Gasteiger partial charge in [0.25, 0.3) is 0 Å². The Bertz CT molecular complexity index is 461. The fourth-order valence-electron chi connectivity index (χ4n) is 2.49. The molecule has 0 fully saturated rings. The van der Waals surface area contributed by atoms with Crippen molar-refractivity contribution in [1.29, 1.82) is 0 Å². The lowest BCUT2D eigenvalue weighted by atomic mass is 9.97. The molecule has 4 heteroatoms. The molecule has 19 heavy (non-hydrogen) atoms. The summed E-state index contributed by atoms with van der Waals surface area (Å²) < 4.78 is 13.3. The summed E-state index contributed by atoms with van der Waals surface area (Å²) in [5, 5.41) is 4.06. The first kappa shape index (κ1) is 14.3. The van der Waals surface area contributed by atoms with E-state index in [0.717, 1.165) is 48.6 Å². The van der Waals surface area contributed by atoms with Gasteiger partial charge >= 0.3 is 0 Å². The molecule has 1 heterocycles. The van der Waals surface area contributed by atoms with Gasteiger partial charge in [-0.25, -0.2) is 4.39 Å². The van der Waals surface area contributed by atoms with E-state index in [1.54, 1.807) is 6.07 Å². The standard InChI is InChI=1S/C15H21FN2S/c1-3-4-9-17-15(19)18-11(2)5-6-12-10-13(16)7-8-14(12)18/h7-8,10-11H,3-6,9H2,1-2H3,(H,17,19). The van der Waals surface area contributed by atoms with Gasteiger partial charge in [-0.15, -0.1) is 0 Å². The van der Waals surface area contributed by atoms with Crippen LogP contribution < -0.4 is 10.2 Å². The van der Waals surface area contributed by atoms with Crippen molar-refractivity contribution in [2.24, 2.45) is 0 Å². The number of hydrogen-bond donors (Lipinski definition) is 1. The van der Waals surface area contributed by atoms with Crippen molar-refractivity contribution in [2.75, 3.05) is 11.4 Å². The van der Waals surface area contributed by atoms with Gasteiger partial charge < -0.3 is 10.2 Å². The zero-order valence-electron chi connectivity index (χ0n) is 11.6. The SMILES string of the molecule is CCCCNC(=S)N1c2ccc(F)cc2CCC1C. The fraction of sp³-hybridized carbons (Fsp3) is 0.533. The van der Waals surface area contributed by atoms with E-state index in [1.807, 2.05) is 6.07 Å². The Balaban J connectivity index is 2.18. The third-order valence-corrected chi connectivity index (χ3v) is 3.94. The van der Waals surface area contributed by atoms with E-state index in [4.69, 9.17) is 12.2 Å². The molecule has 0 saturated carbocycles. The fourth-order valence-corrected chi connectivity index (χ4v) is 2.87. The molecule has 2 nitrogen and oxygen atoms in total. The normalized spacial score (nSPS) is 18.1. The molecular formula is C15H21FN2S. The van der Waals surface area contributed by atoms with E-state index >= 15 is 0 Å². The molecule has 1 aromatic carbocycles. The predicted molar refractivity (Wildman–Crippen MR) is 82.2 cm³/mol. The first-order valence-electron chi connectivity index (χ1n) is 6.99. The Morgan fingerprint density at radius 3 is 3.05 bits per heavy atom. The van der Waals surface area contributed by atoms with Crippen LogP contribution in [0.5, 0.6) is 0 Å². The van der Waals surface area contributed by atoms with Gasteiger partial charge in [-0.05, 0) is 62.2 Å². The Labute approximate surface area is 120 Å². The molecule has 0 aliphatic carbocycles. The van der Waals surface area contributed by atoms with Crippen molar-refractivity contribution in [3.05, 3.63) is 29.6 Å². The summed E-state index contributed by atoms with van der Waals surface area (Å²) in [7, 11) is 0. The molecular weight excluding hydrogens is 259 g/mol. The van der Waals surface area contributed by atoms with Crippen LogP contribution in [0.4, 0.5) is 10.1 Å². The van der Waals surface area contributed by atoms with Gasteiger partial charge in [-0.3, -0.25) is 0 Å². The van der Waals surface area contributed by atoms with Crippen LogP contribution in [0.15, 0.2) is 18.2 Å². The Morgan fingerprint density at radius 1 is 1.53 bits per heavy atom. The molecule has 1 N–H and O–H groups in total. The summed E-state index contributed by atoms with van der Waals surface area (Å²) in [6, 6.07) is 5.34. The molecule has 2 rings (SSSR count). The summed E-state index contributed by atoms with van der Waals surface area (Å²) in [5.74, 6) is -0.168. The zero-order valence-corrected chi connectivity index (χ0v) is 12.4. The van der Waals surface area contributed by atoms with E-state index in [1.165, 1.54) is 6.07 Å². The molecule has 104 valence electrons. The molecule has 0 aromatic heterocycles. The minimum Gasteiger partial charge on any atom is -0.362 e. The number of anilines is 1. The van der Waals surface area contributed by atoms with Crippen LogP contribution in [0.1, 0.15) is 38.7 Å². The van der Waals surface area contributed by atoms with E-state index in [0.29, 0.717) is 6.04 Å². The zero-order chi connectivity index (χ0) is 13.8. The lowest BCUT2D eigenvalue weighted by Crippen LogP contribution is -2.47. The third kappa shape index (κ3) is 3.24. The van der Waals surface area contributed by atoms with Crippen LogP contribution in [0.25, 0.3) is 0 Å². The summed E-state index contributed by atoms with van der Waals surface area (Å²) >= 11 is 5.49. The first-order valence-corrected chi connectivity index (χ1v) is 7.39. The number of hydrogen-bond acceptors (Lipinski definition) is 1. The van der Waals surface area contributed by atoms with Gasteiger partial charge in [0.15, 0.2) is 5.11 Å². The number of fused-ring (bicyclic) bond motifs is 1. The number of halogens is 1. The highest BCUT2D eigenvalue weighted by atomic mass is 32.1. The van der Waals surface area contributed by atoms with Gasteiger partial charge in [0, 0.05) is 18.3 Å². The molecule has 1 aromatic rings. The number of unbranched alkanes of at least 4 members (excludes halogenated alkanes) is 1. The second kappa shape index (κ2) is 6.33. The van der Waals surface area contributed by atoms with Crippen molar-refractivity contribution in [3.8, 4) is 0 Å². The summed E-state index contributed by atoms with van der Waals surface area (Å²) in [6.45, 7) is 5.22. The van der Waals surface area contributed by atoms with Crippen molar-refractivity contribution in [3.63, 3.8) is 0 Å². The third-order valence-electron chi connectivity index (χ3n) is 3.60. The lowest BCUT2D eigenvalue weighted by Gasteiger charge is -2.37. The molecule has 0 bridgehead atoms. The number of nitrogens with one attached hydrogen (secondary N) is 1. The second-order valence-corrected chi connectivity index (χ2v) is 5.50. The first-order chi connectivity index (χ1) is 9.13. The predicted octanol–water partition coefficient (Wildman–Crippen LogP) is 3.64. The van der Waals surface area contributed by atoms with Crippen LogP contribution in [-0.4, -0.2) is 17.7 Å². The molecule has 1 unspecified atom stereocenters. The molecule has 0 radical (unpaired) electrons. The smallest absolute Gasteiger partial charge is 0.173 e. The van der Waals surface area contributed by atoms with Gasteiger partial charge in [0.2, 0.25) is 0 Å². The summed E-state index contributed by atoms with van der Waals surface area (Å²) in [4.78, 5) is 2.13. The Morgan fingerprint density at radius 2 is 2.32 bits per heavy atom. The average molecular weight is 280 g/mol. The van der Waals surface area contributed by atoms with Crippen molar-refractivity contribution >= 4 is 23.0 Å². The van der Waals surface area contributed by atoms with Crippen LogP contribution in [-0.2, 0) is 6.42 Å². The van der Waals surface area contributed by atoms with Crippen LogP contribution >= 0.6 is 12.2 Å². The summed E-state index contributed by atoms with van der Waals surface area (Å²) in [6.07, 6.45) is 4.18. The minimum absolute atomic E-state index is 0.168. The number of benzene rings is 1. The maximum Gasteiger partial charge on any atom is 0.173 e. The number of rotatable bonds is 3. The molecule has 0 amide bonds. The van der Waals surface area contributed by atoms with Crippen molar-refractivity contribution in [2.45, 2.75) is 45.6 Å². The maximum atomic E-state index is 13.3. The highest BCUT2D eigenvalue weighted by Crippen LogP contribution is 2.31. The van der Waals surface area contributed by atoms with Gasteiger partial charge in [0.05, 0.1) is 0 Å². The quantitative estimate of drug-likeness (QED) is 0.672. The second-order valence-electron chi connectivity index (χ2n) is 5.12. The number of thiocarbonyl (C=S) groups is 1. The van der Waals surface area contributed by atoms with Gasteiger partial charge in [-0.2, -0.15) is 0 Å².